The zero-order valence-electron chi connectivity index (χ0n) is 31.3. The fourth-order valence-electron chi connectivity index (χ4n) is 8.93. The van der Waals surface area contributed by atoms with E-state index in [-0.39, 0.29) is 5.41 Å². The van der Waals surface area contributed by atoms with Crippen LogP contribution in [0.3, 0.4) is 0 Å². The van der Waals surface area contributed by atoms with Gasteiger partial charge in [0.25, 0.3) is 0 Å². The maximum Gasteiger partial charge on any atom is 0.220 e. The fourth-order valence-corrected chi connectivity index (χ4v) is 8.93. The van der Waals surface area contributed by atoms with Crippen molar-refractivity contribution in [1.29, 1.82) is 0 Å². The van der Waals surface area contributed by atoms with E-state index in [1.54, 1.807) is 0 Å². The van der Waals surface area contributed by atoms with Gasteiger partial charge in [-0.1, -0.05) is 135 Å². The Bertz CT molecular complexity index is 3080. The highest BCUT2D eigenvalue weighted by molar-refractivity contribution is 5.94. The highest BCUT2D eigenvalue weighted by Gasteiger charge is 2.35. The van der Waals surface area contributed by atoms with E-state index in [0.717, 1.165) is 61.7 Å². The fraction of sp³-hybridized carbons (Fsp3) is 0.0577. The predicted molar refractivity (Wildman–Crippen MR) is 233 cm³/mol. The second kappa shape index (κ2) is 12.4. The van der Waals surface area contributed by atoms with Gasteiger partial charge in [-0.2, -0.15) is 0 Å². The largest absolute Gasteiger partial charge is 0.310 e. The van der Waals surface area contributed by atoms with Crippen molar-refractivity contribution in [1.82, 2.24) is 14.0 Å². The summed E-state index contributed by atoms with van der Waals surface area (Å²) in [5.41, 5.74) is 18.8. The first-order valence-electron chi connectivity index (χ1n) is 19.3. The van der Waals surface area contributed by atoms with Gasteiger partial charge in [-0.05, 0) is 117 Å². The number of fused-ring (bicyclic) bond motifs is 8. The van der Waals surface area contributed by atoms with Crippen LogP contribution in [-0.2, 0) is 5.41 Å². The van der Waals surface area contributed by atoms with Crippen molar-refractivity contribution < 1.29 is 0 Å². The van der Waals surface area contributed by atoms with Gasteiger partial charge in [0.05, 0.1) is 22.1 Å². The first-order chi connectivity index (χ1) is 27.5. The molecular formula is C52H38N4. The van der Waals surface area contributed by atoms with Gasteiger partial charge in [0.2, 0.25) is 5.78 Å². The molecule has 2 aromatic heterocycles. The third-order valence-electron chi connectivity index (χ3n) is 11.7. The summed E-state index contributed by atoms with van der Waals surface area (Å²) in [6, 6.07) is 70.1. The number of hydrogen-bond acceptors (Lipinski definition) is 2. The molecule has 0 saturated carbocycles. The van der Waals surface area contributed by atoms with Crippen LogP contribution in [0.5, 0.6) is 0 Å². The molecule has 1 aliphatic carbocycles. The lowest BCUT2D eigenvalue weighted by molar-refractivity contribution is 0.660. The van der Waals surface area contributed by atoms with Crippen LogP contribution in [0, 0.1) is 0 Å². The van der Waals surface area contributed by atoms with E-state index in [0.29, 0.717) is 0 Å². The zero-order chi connectivity index (χ0) is 37.4. The summed E-state index contributed by atoms with van der Waals surface area (Å²) in [7, 11) is 0. The monoisotopic (exact) mass is 718 g/mol. The molecule has 0 bridgehead atoms. The molecule has 4 heteroatoms. The molecule has 0 spiro atoms. The van der Waals surface area contributed by atoms with E-state index >= 15 is 0 Å². The van der Waals surface area contributed by atoms with Crippen LogP contribution >= 0.6 is 0 Å². The average Bonchev–Trinajstić information content (AvgIpc) is 3.86. The van der Waals surface area contributed by atoms with Crippen LogP contribution in [-0.4, -0.2) is 14.0 Å². The number of nitrogens with zero attached hydrogens (tertiary/aromatic N) is 4. The molecule has 0 atom stereocenters. The molecule has 4 nitrogen and oxygen atoms in total. The van der Waals surface area contributed by atoms with Gasteiger partial charge >= 0.3 is 0 Å². The molecule has 2 heterocycles. The molecule has 0 N–H and O–H groups in total. The maximum absolute atomic E-state index is 5.10. The molecule has 0 saturated heterocycles. The van der Waals surface area contributed by atoms with Crippen molar-refractivity contribution in [2.45, 2.75) is 19.3 Å². The lowest BCUT2D eigenvalue weighted by Gasteiger charge is -2.28. The molecule has 0 radical (unpaired) electrons. The van der Waals surface area contributed by atoms with E-state index in [4.69, 9.17) is 4.98 Å². The summed E-state index contributed by atoms with van der Waals surface area (Å²) in [4.78, 5) is 7.50. The summed E-state index contributed by atoms with van der Waals surface area (Å²) in [5.74, 6) is 0.912. The van der Waals surface area contributed by atoms with E-state index in [9.17, 15) is 0 Å². The highest BCUT2D eigenvalue weighted by atomic mass is 15.2. The predicted octanol–water partition coefficient (Wildman–Crippen LogP) is 13.5. The van der Waals surface area contributed by atoms with E-state index in [2.05, 4.69) is 222 Å². The van der Waals surface area contributed by atoms with Gasteiger partial charge in [0.15, 0.2) is 0 Å². The van der Waals surface area contributed by atoms with Crippen molar-refractivity contribution in [3.05, 3.63) is 205 Å². The third-order valence-corrected chi connectivity index (χ3v) is 11.7. The Kier molecular flexibility index (Phi) is 7.17. The van der Waals surface area contributed by atoms with Crippen molar-refractivity contribution >= 4 is 44.9 Å². The zero-order valence-corrected chi connectivity index (χ0v) is 31.3. The van der Waals surface area contributed by atoms with Crippen molar-refractivity contribution in [3.63, 3.8) is 0 Å². The maximum atomic E-state index is 5.10. The van der Waals surface area contributed by atoms with Crippen molar-refractivity contribution in [2.75, 3.05) is 4.90 Å². The lowest BCUT2D eigenvalue weighted by Crippen LogP contribution is -2.16. The summed E-state index contributed by atoms with van der Waals surface area (Å²) >= 11 is 0. The molecule has 0 unspecified atom stereocenters. The SMILES string of the molecule is CC1(C)c2ccccc2-c2ccc(N(c3ccc(-c4ccccc4)cc3)c3ccc(-c4ccc5c(c4)n4c6ccccc6nc4n5-c4ccccc4)cc3)cc21. The van der Waals surface area contributed by atoms with Crippen molar-refractivity contribution in [3.8, 4) is 39.1 Å². The van der Waals surface area contributed by atoms with Crippen LogP contribution in [0.4, 0.5) is 17.1 Å². The smallest absolute Gasteiger partial charge is 0.220 e. The van der Waals surface area contributed by atoms with Crippen LogP contribution in [0.2, 0.25) is 0 Å². The molecule has 0 amide bonds. The van der Waals surface area contributed by atoms with Crippen LogP contribution in [0.25, 0.3) is 66.9 Å². The van der Waals surface area contributed by atoms with Crippen LogP contribution in [0.15, 0.2) is 194 Å². The highest BCUT2D eigenvalue weighted by Crippen LogP contribution is 2.50. The summed E-state index contributed by atoms with van der Waals surface area (Å²) in [5, 5.41) is 0. The minimum atomic E-state index is -0.0985. The van der Waals surface area contributed by atoms with Gasteiger partial charge in [-0.3, -0.25) is 8.97 Å². The second-order valence-electron chi connectivity index (χ2n) is 15.3. The number of rotatable bonds is 6. The van der Waals surface area contributed by atoms with E-state index < -0.39 is 0 Å². The Hall–Kier alpha value is -7.17. The average molecular weight is 719 g/mol. The first kappa shape index (κ1) is 32.3. The Labute approximate surface area is 326 Å². The summed E-state index contributed by atoms with van der Waals surface area (Å²) in [6.45, 7) is 4.70. The lowest BCUT2D eigenvalue weighted by atomic mass is 9.82. The standard InChI is InChI=1S/C52H38N4/c1-52(2)45-18-10-9-17-43(45)44-31-30-42(34-46(44)52)54(40-26-21-36(22-27-40)35-13-5-3-6-14-35)41-28-23-37(24-29-41)38-25-32-49-50(33-38)56-48-20-12-11-19-47(48)53-51(56)55(49)39-15-7-4-8-16-39/h3-34H,1-2H3. The van der Waals surface area contributed by atoms with Crippen LogP contribution in [0.1, 0.15) is 25.0 Å². The topological polar surface area (TPSA) is 25.5 Å². The number of hydrogen-bond donors (Lipinski definition) is 0. The van der Waals surface area contributed by atoms with E-state index in [1.807, 2.05) is 0 Å². The molecule has 10 aromatic rings. The van der Waals surface area contributed by atoms with Crippen molar-refractivity contribution in [2.24, 2.45) is 0 Å². The first-order valence-corrected chi connectivity index (χ1v) is 19.3. The van der Waals surface area contributed by atoms with Gasteiger partial charge in [-0.25, -0.2) is 4.98 Å². The molecular weight excluding hydrogens is 681 g/mol. The molecule has 266 valence electrons. The van der Waals surface area contributed by atoms with E-state index in [1.165, 1.54) is 33.4 Å². The number of para-hydroxylation sites is 3. The molecule has 0 fully saturated rings. The normalized spacial score (nSPS) is 13.0. The van der Waals surface area contributed by atoms with Gasteiger partial charge in [-0.15, -0.1) is 0 Å². The number of anilines is 3. The Balaban J connectivity index is 1.03. The minimum Gasteiger partial charge on any atom is -0.310 e. The third kappa shape index (κ3) is 4.96. The molecule has 56 heavy (non-hydrogen) atoms. The molecule has 1 aliphatic rings. The number of aromatic nitrogens is 3. The Morgan fingerprint density at radius 1 is 0.429 bits per heavy atom. The Morgan fingerprint density at radius 3 is 1.75 bits per heavy atom. The van der Waals surface area contributed by atoms with Gasteiger partial charge in [0, 0.05) is 28.2 Å². The quantitative estimate of drug-likeness (QED) is 0.171. The van der Waals surface area contributed by atoms with Crippen LogP contribution < -0.4 is 4.90 Å². The molecule has 11 rings (SSSR count). The molecule has 0 aliphatic heterocycles. The van der Waals surface area contributed by atoms with Gasteiger partial charge in [0.1, 0.15) is 0 Å². The Morgan fingerprint density at radius 2 is 1.00 bits per heavy atom. The minimum absolute atomic E-state index is 0.0985. The number of benzene rings is 8. The summed E-state index contributed by atoms with van der Waals surface area (Å²) < 4.78 is 4.56. The molecule has 8 aromatic carbocycles. The van der Waals surface area contributed by atoms with Gasteiger partial charge < -0.3 is 4.90 Å². The number of imidazole rings is 2. The second-order valence-corrected chi connectivity index (χ2v) is 15.3. The summed E-state index contributed by atoms with van der Waals surface area (Å²) in [6.07, 6.45) is 0.